The summed E-state index contributed by atoms with van der Waals surface area (Å²) in [6.07, 6.45) is 8.76. The SMILES string of the molecule is CCCNC1CCCCC(Cc2c(Cl)cccc2Cl)C1. The first-order valence-corrected chi connectivity index (χ1v) is 8.62. The minimum absolute atomic E-state index is 0.670. The largest absolute Gasteiger partial charge is 0.314 e. The number of nitrogens with one attached hydrogen (secondary N) is 1. The molecule has 0 bridgehead atoms. The molecule has 0 aliphatic heterocycles. The Morgan fingerprint density at radius 1 is 1.15 bits per heavy atom. The van der Waals surface area contributed by atoms with Gasteiger partial charge in [-0.1, -0.05) is 55.5 Å². The number of rotatable bonds is 5. The van der Waals surface area contributed by atoms with E-state index in [-0.39, 0.29) is 0 Å². The molecule has 1 fully saturated rings. The molecule has 0 spiro atoms. The molecule has 2 rings (SSSR count). The fourth-order valence-corrected chi connectivity index (χ4v) is 3.75. The van der Waals surface area contributed by atoms with Gasteiger partial charge in [0.05, 0.1) is 0 Å². The Balaban J connectivity index is 2.00. The predicted octanol–water partition coefficient (Wildman–Crippen LogP) is 5.48. The van der Waals surface area contributed by atoms with Crippen LogP contribution >= 0.6 is 23.2 Å². The molecular weight excluding hydrogens is 289 g/mol. The molecule has 20 heavy (non-hydrogen) atoms. The quantitative estimate of drug-likeness (QED) is 0.709. The van der Waals surface area contributed by atoms with Crippen LogP contribution in [0.2, 0.25) is 10.0 Å². The highest BCUT2D eigenvalue weighted by molar-refractivity contribution is 6.35. The van der Waals surface area contributed by atoms with Crippen molar-refractivity contribution < 1.29 is 0 Å². The molecule has 1 aliphatic rings. The predicted molar refractivity (Wildman–Crippen MR) is 88.8 cm³/mol. The van der Waals surface area contributed by atoms with Crippen molar-refractivity contribution >= 4 is 23.2 Å². The van der Waals surface area contributed by atoms with Gasteiger partial charge in [0.1, 0.15) is 0 Å². The second-order valence-electron chi connectivity index (χ2n) is 5.94. The monoisotopic (exact) mass is 313 g/mol. The number of benzene rings is 1. The molecule has 2 unspecified atom stereocenters. The second-order valence-corrected chi connectivity index (χ2v) is 6.76. The lowest BCUT2D eigenvalue weighted by Gasteiger charge is -2.22. The van der Waals surface area contributed by atoms with E-state index in [2.05, 4.69) is 12.2 Å². The average Bonchev–Trinajstić information content (AvgIpc) is 2.66. The standard InChI is InChI=1S/C17H25Cl2N/c1-2-10-20-14-7-4-3-6-13(11-14)12-15-16(18)8-5-9-17(15)19/h5,8-9,13-14,20H,2-4,6-7,10-12H2,1H3. The van der Waals surface area contributed by atoms with Gasteiger partial charge < -0.3 is 5.32 Å². The molecule has 1 aromatic rings. The summed E-state index contributed by atoms with van der Waals surface area (Å²) in [5.74, 6) is 0.698. The Kier molecular flexibility index (Phi) is 6.67. The summed E-state index contributed by atoms with van der Waals surface area (Å²) in [5.41, 5.74) is 1.14. The molecule has 1 saturated carbocycles. The lowest BCUT2D eigenvalue weighted by Crippen LogP contribution is -2.31. The molecule has 0 aromatic heterocycles. The molecule has 1 N–H and O–H groups in total. The van der Waals surface area contributed by atoms with Crippen LogP contribution in [0.4, 0.5) is 0 Å². The lowest BCUT2D eigenvalue weighted by molar-refractivity contribution is 0.384. The summed E-state index contributed by atoms with van der Waals surface area (Å²) in [4.78, 5) is 0. The molecule has 1 aliphatic carbocycles. The highest BCUT2D eigenvalue weighted by atomic mass is 35.5. The van der Waals surface area contributed by atoms with E-state index in [0.717, 1.165) is 28.6 Å². The second kappa shape index (κ2) is 8.26. The average molecular weight is 314 g/mol. The molecule has 112 valence electrons. The van der Waals surface area contributed by atoms with Crippen LogP contribution in [0.3, 0.4) is 0 Å². The van der Waals surface area contributed by atoms with Crippen LogP contribution in [0, 0.1) is 5.92 Å². The zero-order valence-electron chi connectivity index (χ0n) is 12.3. The summed E-state index contributed by atoms with van der Waals surface area (Å²) in [5, 5.41) is 5.33. The van der Waals surface area contributed by atoms with Gasteiger partial charge in [0.15, 0.2) is 0 Å². The van der Waals surface area contributed by atoms with Crippen molar-refractivity contribution in [2.45, 2.75) is 57.9 Å². The van der Waals surface area contributed by atoms with Crippen molar-refractivity contribution in [1.29, 1.82) is 0 Å². The van der Waals surface area contributed by atoms with Gasteiger partial charge in [0.2, 0.25) is 0 Å². The molecule has 0 amide bonds. The Labute approximate surface area is 133 Å². The smallest absolute Gasteiger partial charge is 0.0452 e. The topological polar surface area (TPSA) is 12.0 Å². The molecule has 0 saturated heterocycles. The molecule has 1 nitrogen and oxygen atoms in total. The summed E-state index contributed by atoms with van der Waals surface area (Å²) >= 11 is 12.6. The van der Waals surface area contributed by atoms with Gasteiger partial charge in [-0.2, -0.15) is 0 Å². The van der Waals surface area contributed by atoms with Crippen LogP contribution in [0.5, 0.6) is 0 Å². The number of hydrogen-bond acceptors (Lipinski definition) is 1. The normalized spacial score (nSPS) is 23.6. The van der Waals surface area contributed by atoms with E-state index < -0.39 is 0 Å². The maximum Gasteiger partial charge on any atom is 0.0452 e. The van der Waals surface area contributed by atoms with Gasteiger partial charge in [-0.15, -0.1) is 0 Å². The third kappa shape index (κ3) is 4.65. The van der Waals surface area contributed by atoms with Gasteiger partial charge in [-0.3, -0.25) is 0 Å². The Morgan fingerprint density at radius 3 is 2.55 bits per heavy atom. The van der Waals surface area contributed by atoms with Crippen LogP contribution in [0.1, 0.15) is 51.0 Å². The van der Waals surface area contributed by atoms with Gasteiger partial charge in [-0.05, 0) is 55.8 Å². The van der Waals surface area contributed by atoms with E-state index in [1.807, 2.05) is 18.2 Å². The fraction of sp³-hybridized carbons (Fsp3) is 0.647. The van der Waals surface area contributed by atoms with Gasteiger partial charge >= 0.3 is 0 Å². The highest BCUT2D eigenvalue weighted by Crippen LogP contribution is 2.32. The van der Waals surface area contributed by atoms with E-state index in [0.29, 0.717) is 12.0 Å². The maximum absolute atomic E-state index is 6.31. The zero-order chi connectivity index (χ0) is 14.4. The molecule has 0 radical (unpaired) electrons. The minimum atomic E-state index is 0.670. The maximum atomic E-state index is 6.31. The van der Waals surface area contributed by atoms with Crippen molar-refractivity contribution in [3.63, 3.8) is 0 Å². The minimum Gasteiger partial charge on any atom is -0.314 e. The van der Waals surface area contributed by atoms with Crippen molar-refractivity contribution in [3.8, 4) is 0 Å². The first-order chi connectivity index (χ1) is 9.70. The van der Waals surface area contributed by atoms with E-state index in [4.69, 9.17) is 23.2 Å². The Hall–Kier alpha value is -0.240. The Morgan fingerprint density at radius 2 is 1.85 bits per heavy atom. The van der Waals surface area contributed by atoms with Crippen molar-refractivity contribution in [3.05, 3.63) is 33.8 Å². The molecule has 2 atom stereocenters. The summed E-state index contributed by atoms with van der Waals surface area (Å²) in [7, 11) is 0. The van der Waals surface area contributed by atoms with Crippen molar-refractivity contribution in [2.75, 3.05) is 6.54 Å². The van der Waals surface area contributed by atoms with Crippen LogP contribution in [-0.2, 0) is 6.42 Å². The number of hydrogen-bond donors (Lipinski definition) is 1. The van der Waals surface area contributed by atoms with Crippen molar-refractivity contribution in [2.24, 2.45) is 5.92 Å². The van der Waals surface area contributed by atoms with Gasteiger partial charge in [0, 0.05) is 16.1 Å². The summed E-state index contributed by atoms with van der Waals surface area (Å²) in [6, 6.07) is 6.49. The first kappa shape index (κ1) is 16.1. The molecule has 3 heteroatoms. The first-order valence-electron chi connectivity index (χ1n) is 7.87. The molecule has 0 heterocycles. The zero-order valence-corrected chi connectivity index (χ0v) is 13.8. The van der Waals surface area contributed by atoms with Crippen LogP contribution in [0.25, 0.3) is 0 Å². The number of halogens is 2. The van der Waals surface area contributed by atoms with E-state index >= 15 is 0 Å². The summed E-state index contributed by atoms with van der Waals surface area (Å²) in [6.45, 7) is 3.36. The van der Waals surface area contributed by atoms with E-state index in [1.54, 1.807) is 0 Å². The van der Waals surface area contributed by atoms with Crippen LogP contribution in [0.15, 0.2) is 18.2 Å². The van der Waals surface area contributed by atoms with Gasteiger partial charge in [0.25, 0.3) is 0 Å². The fourth-order valence-electron chi connectivity index (χ4n) is 3.20. The highest BCUT2D eigenvalue weighted by Gasteiger charge is 2.21. The van der Waals surface area contributed by atoms with Gasteiger partial charge in [-0.25, -0.2) is 0 Å². The molecular formula is C17H25Cl2N. The van der Waals surface area contributed by atoms with Crippen molar-refractivity contribution in [1.82, 2.24) is 5.32 Å². The molecule has 1 aromatic carbocycles. The third-order valence-corrected chi connectivity index (χ3v) is 4.98. The third-order valence-electron chi connectivity index (χ3n) is 4.27. The Bertz CT molecular complexity index is 399. The van der Waals surface area contributed by atoms with E-state index in [1.165, 1.54) is 38.5 Å². The lowest BCUT2D eigenvalue weighted by atomic mass is 9.91. The van der Waals surface area contributed by atoms with Crippen LogP contribution in [-0.4, -0.2) is 12.6 Å². The summed E-state index contributed by atoms with van der Waals surface area (Å²) < 4.78 is 0. The van der Waals surface area contributed by atoms with Crippen LogP contribution < -0.4 is 5.32 Å². The van der Waals surface area contributed by atoms with E-state index in [9.17, 15) is 0 Å².